The van der Waals surface area contributed by atoms with Gasteiger partial charge in [-0.25, -0.2) is 15.0 Å². The Kier molecular flexibility index (Phi) is 9.77. The van der Waals surface area contributed by atoms with Crippen molar-refractivity contribution in [2.45, 2.75) is 33.1 Å². The lowest BCUT2D eigenvalue weighted by Gasteiger charge is -2.12. The molecule has 0 unspecified atom stereocenters. The Morgan fingerprint density at radius 2 is 2.07 bits per heavy atom. The van der Waals surface area contributed by atoms with Gasteiger partial charge < -0.3 is 15.4 Å². The van der Waals surface area contributed by atoms with E-state index in [4.69, 9.17) is 4.74 Å². The van der Waals surface area contributed by atoms with Gasteiger partial charge in [-0.1, -0.05) is 6.07 Å². The lowest BCUT2D eigenvalue weighted by molar-refractivity contribution is -0.154. The van der Waals surface area contributed by atoms with Crippen molar-refractivity contribution in [1.82, 2.24) is 20.6 Å². The van der Waals surface area contributed by atoms with Crippen molar-refractivity contribution in [3.63, 3.8) is 0 Å². The topological polar surface area (TPSA) is 71.4 Å². The van der Waals surface area contributed by atoms with Crippen molar-refractivity contribution >= 4 is 41.3 Å². The number of halogens is 4. The van der Waals surface area contributed by atoms with E-state index in [1.165, 1.54) is 6.20 Å². The molecular weight excluding hydrogens is 494 g/mol. The van der Waals surface area contributed by atoms with Crippen LogP contribution in [0.5, 0.6) is 5.88 Å². The number of ether oxygens (including phenoxy) is 1. The van der Waals surface area contributed by atoms with Crippen LogP contribution in [0.3, 0.4) is 0 Å². The number of thiazole rings is 1. The molecule has 0 saturated heterocycles. The van der Waals surface area contributed by atoms with E-state index < -0.39 is 12.8 Å². The fraction of sp³-hybridized carbons (Fsp3) is 0.438. The van der Waals surface area contributed by atoms with E-state index in [1.54, 1.807) is 29.7 Å². The Balaban J connectivity index is 0.00000364. The lowest BCUT2D eigenvalue weighted by atomic mass is 10.3. The Morgan fingerprint density at radius 1 is 1.30 bits per heavy atom. The van der Waals surface area contributed by atoms with Crippen molar-refractivity contribution in [2.24, 2.45) is 4.99 Å². The minimum absolute atomic E-state index is 0. The first-order chi connectivity index (χ1) is 12.4. The molecular formula is C16H21F3IN5OS. The van der Waals surface area contributed by atoms with Gasteiger partial charge in [-0.2, -0.15) is 13.2 Å². The van der Waals surface area contributed by atoms with Gasteiger partial charge in [-0.15, -0.1) is 35.3 Å². The number of hydrogen-bond donors (Lipinski definition) is 2. The molecule has 27 heavy (non-hydrogen) atoms. The zero-order chi connectivity index (χ0) is 19.0. The number of alkyl halides is 3. The number of aromatic nitrogens is 2. The van der Waals surface area contributed by atoms with Crippen LogP contribution in [0.4, 0.5) is 13.2 Å². The molecule has 6 nitrogen and oxygen atoms in total. The highest BCUT2D eigenvalue weighted by atomic mass is 127. The molecule has 2 rings (SSSR count). The molecule has 0 aromatic carbocycles. The lowest BCUT2D eigenvalue weighted by Crippen LogP contribution is -2.36. The van der Waals surface area contributed by atoms with Crippen LogP contribution in [0.25, 0.3) is 0 Å². The number of aliphatic imine (C=N–C) groups is 1. The quantitative estimate of drug-likeness (QED) is 0.335. The van der Waals surface area contributed by atoms with E-state index in [2.05, 4.69) is 25.6 Å². The number of nitrogens with zero attached hydrogens (tertiary/aromatic N) is 3. The molecule has 150 valence electrons. The van der Waals surface area contributed by atoms with Crippen molar-refractivity contribution in [2.75, 3.05) is 13.2 Å². The van der Waals surface area contributed by atoms with Gasteiger partial charge in [0.2, 0.25) is 5.88 Å². The van der Waals surface area contributed by atoms with Gasteiger partial charge in [0.25, 0.3) is 0 Å². The number of nitrogens with one attached hydrogen (secondary N) is 2. The predicted molar refractivity (Wildman–Crippen MR) is 110 cm³/mol. The molecule has 11 heteroatoms. The minimum atomic E-state index is -4.42. The summed E-state index contributed by atoms with van der Waals surface area (Å²) in [5.41, 5.74) is 0.471. The number of pyridine rings is 1. The van der Waals surface area contributed by atoms with Gasteiger partial charge in [0, 0.05) is 29.4 Å². The summed E-state index contributed by atoms with van der Waals surface area (Å²) in [4.78, 5) is 13.6. The van der Waals surface area contributed by atoms with E-state index in [0.717, 1.165) is 9.88 Å². The standard InChI is InChI=1S/C16H20F3N5OS.HI/c1-3-20-15(24-9-13-22-7-11(2)26-13)23-8-12-5-4-6-21-14(12)25-10-16(17,18)19;/h4-7H,3,8-10H2,1-2H3,(H2,20,23,24);1H. The van der Waals surface area contributed by atoms with E-state index in [-0.39, 0.29) is 36.4 Å². The summed E-state index contributed by atoms with van der Waals surface area (Å²) in [5, 5.41) is 7.14. The van der Waals surface area contributed by atoms with Crippen molar-refractivity contribution in [3.8, 4) is 5.88 Å². The summed E-state index contributed by atoms with van der Waals surface area (Å²) in [5.74, 6) is 0.464. The Hall–Kier alpha value is -1.63. The smallest absolute Gasteiger partial charge is 0.422 e. The molecule has 0 aliphatic carbocycles. The third-order valence-electron chi connectivity index (χ3n) is 3.05. The molecule has 0 spiro atoms. The SMILES string of the molecule is CCNC(=NCc1cccnc1OCC(F)(F)F)NCc1ncc(C)s1.I. The monoisotopic (exact) mass is 515 g/mol. The molecule has 0 fully saturated rings. The van der Waals surface area contributed by atoms with Crippen LogP contribution >= 0.6 is 35.3 Å². The van der Waals surface area contributed by atoms with Gasteiger partial charge in [-0.05, 0) is 19.9 Å². The van der Waals surface area contributed by atoms with Crippen LogP contribution in [0.15, 0.2) is 29.5 Å². The zero-order valence-corrected chi connectivity index (χ0v) is 18.0. The molecule has 2 aromatic heterocycles. The van der Waals surface area contributed by atoms with E-state index >= 15 is 0 Å². The molecule has 0 amide bonds. The summed E-state index contributed by atoms with van der Waals surface area (Å²) in [6, 6.07) is 3.26. The summed E-state index contributed by atoms with van der Waals surface area (Å²) >= 11 is 1.58. The Morgan fingerprint density at radius 3 is 2.70 bits per heavy atom. The van der Waals surface area contributed by atoms with E-state index in [1.807, 2.05) is 13.8 Å². The molecule has 2 N–H and O–H groups in total. The van der Waals surface area contributed by atoms with Gasteiger partial charge in [-0.3, -0.25) is 0 Å². The average Bonchev–Trinajstić information content (AvgIpc) is 3.01. The fourth-order valence-corrected chi connectivity index (χ4v) is 2.70. The van der Waals surface area contributed by atoms with Gasteiger partial charge in [0.1, 0.15) is 5.01 Å². The first-order valence-corrected chi connectivity index (χ1v) is 8.76. The van der Waals surface area contributed by atoms with Crippen LogP contribution in [0, 0.1) is 6.92 Å². The first-order valence-electron chi connectivity index (χ1n) is 7.94. The highest BCUT2D eigenvalue weighted by Gasteiger charge is 2.29. The molecule has 0 bridgehead atoms. The molecule has 0 atom stereocenters. The summed E-state index contributed by atoms with van der Waals surface area (Å²) in [6.07, 6.45) is -1.24. The van der Waals surface area contributed by atoms with Gasteiger partial charge in [0.05, 0.1) is 13.1 Å². The van der Waals surface area contributed by atoms with Crippen molar-refractivity contribution < 1.29 is 17.9 Å². The maximum atomic E-state index is 12.3. The molecule has 0 aliphatic heterocycles. The fourth-order valence-electron chi connectivity index (χ4n) is 1.97. The first kappa shape index (κ1) is 23.4. The van der Waals surface area contributed by atoms with Gasteiger partial charge in [0.15, 0.2) is 12.6 Å². The molecule has 0 aliphatic rings. The summed E-state index contributed by atoms with van der Waals surface area (Å²) in [7, 11) is 0. The number of aryl methyl sites for hydroxylation is 1. The zero-order valence-electron chi connectivity index (χ0n) is 14.8. The highest BCUT2D eigenvalue weighted by Crippen LogP contribution is 2.20. The van der Waals surface area contributed by atoms with Crippen LogP contribution < -0.4 is 15.4 Å². The van der Waals surface area contributed by atoms with Crippen LogP contribution in [0.2, 0.25) is 0 Å². The average molecular weight is 515 g/mol. The highest BCUT2D eigenvalue weighted by molar-refractivity contribution is 14.0. The van der Waals surface area contributed by atoms with Gasteiger partial charge >= 0.3 is 6.18 Å². The van der Waals surface area contributed by atoms with Crippen molar-refractivity contribution in [3.05, 3.63) is 40.0 Å². The normalized spacial score (nSPS) is 11.7. The van der Waals surface area contributed by atoms with Crippen LogP contribution in [-0.2, 0) is 13.1 Å². The third-order valence-corrected chi connectivity index (χ3v) is 3.96. The Bertz CT molecular complexity index is 739. The second-order valence-electron chi connectivity index (χ2n) is 5.28. The minimum Gasteiger partial charge on any atom is -0.468 e. The van der Waals surface area contributed by atoms with Crippen molar-refractivity contribution in [1.29, 1.82) is 0 Å². The number of guanidine groups is 1. The third kappa shape index (κ3) is 8.73. The largest absolute Gasteiger partial charge is 0.468 e. The van der Waals surface area contributed by atoms with Crippen LogP contribution in [-0.4, -0.2) is 35.3 Å². The number of hydrogen-bond acceptors (Lipinski definition) is 5. The summed E-state index contributed by atoms with van der Waals surface area (Å²) in [6.45, 7) is 3.80. The second-order valence-corrected chi connectivity index (χ2v) is 6.60. The molecule has 0 radical (unpaired) electrons. The molecule has 2 heterocycles. The van der Waals surface area contributed by atoms with E-state index in [0.29, 0.717) is 24.6 Å². The molecule has 0 saturated carbocycles. The van der Waals surface area contributed by atoms with E-state index in [9.17, 15) is 13.2 Å². The maximum absolute atomic E-state index is 12.3. The predicted octanol–water partition coefficient (Wildman–Crippen LogP) is 3.66. The Labute approximate surface area is 176 Å². The summed E-state index contributed by atoms with van der Waals surface area (Å²) < 4.78 is 41.8. The molecule has 2 aromatic rings. The second kappa shape index (κ2) is 11.3. The maximum Gasteiger partial charge on any atom is 0.422 e. The van der Waals surface area contributed by atoms with Crippen LogP contribution in [0.1, 0.15) is 22.4 Å². The number of rotatable bonds is 7.